The number of nitrogens with one attached hydrogen (secondary N) is 1. The van der Waals surface area contributed by atoms with Gasteiger partial charge in [0, 0.05) is 5.71 Å². The van der Waals surface area contributed by atoms with Gasteiger partial charge in [0.05, 0.1) is 4.90 Å². The number of sulfonamides is 1. The Labute approximate surface area is 140 Å². The van der Waals surface area contributed by atoms with Crippen LogP contribution in [-0.2, 0) is 10.0 Å². The van der Waals surface area contributed by atoms with Gasteiger partial charge in [-0.3, -0.25) is 0 Å². The largest absolute Gasteiger partial charge is 0.276 e. The summed E-state index contributed by atoms with van der Waals surface area (Å²) in [6.45, 7) is 10.8. The molecule has 1 aromatic carbocycles. The van der Waals surface area contributed by atoms with E-state index in [1.807, 2.05) is 12.1 Å². The van der Waals surface area contributed by atoms with E-state index in [0.717, 1.165) is 30.5 Å². The third kappa shape index (κ3) is 4.80. The second-order valence-corrected chi connectivity index (χ2v) is 9.51. The summed E-state index contributed by atoms with van der Waals surface area (Å²) in [5, 5.41) is 4.21. The van der Waals surface area contributed by atoms with Crippen molar-refractivity contribution < 1.29 is 8.42 Å². The van der Waals surface area contributed by atoms with Crippen molar-refractivity contribution in [3.05, 3.63) is 29.8 Å². The Morgan fingerprint density at radius 3 is 2.35 bits per heavy atom. The van der Waals surface area contributed by atoms with Crippen molar-refractivity contribution in [2.24, 2.45) is 16.4 Å². The molecule has 0 spiro atoms. The predicted molar refractivity (Wildman–Crippen MR) is 95.1 cm³/mol. The van der Waals surface area contributed by atoms with E-state index in [-0.39, 0.29) is 10.3 Å². The Kier molecular flexibility index (Phi) is 5.19. The summed E-state index contributed by atoms with van der Waals surface area (Å²) in [4.78, 5) is 2.67. The van der Waals surface area contributed by atoms with E-state index in [1.165, 1.54) is 0 Å². The maximum absolute atomic E-state index is 12.4. The van der Waals surface area contributed by atoms with Gasteiger partial charge in [0.25, 0.3) is 10.0 Å². The van der Waals surface area contributed by atoms with Crippen molar-refractivity contribution in [3.8, 4) is 0 Å². The minimum atomic E-state index is -3.59. The molecule has 1 N–H and O–H groups in total. The molecule has 0 aromatic heterocycles. The monoisotopic (exact) mass is 336 g/mol. The Hall–Kier alpha value is -1.36. The third-order valence-corrected chi connectivity index (χ3v) is 5.57. The number of rotatable bonds is 4. The van der Waals surface area contributed by atoms with Crippen LogP contribution in [-0.4, -0.2) is 14.1 Å². The summed E-state index contributed by atoms with van der Waals surface area (Å²) < 4.78 is 24.8. The summed E-state index contributed by atoms with van der Waals surface area (Å²) in [6.07, 6.45) is 2.85. The van der Waals surface area contributed by atoms with Crippen LogP contribution in [0.15, 0.2) is 34.3 Å². The van der Waals surface area contributed by atoms with Gasteiger partial charge in [-0.1, -0.05) is 46.8 Å². The summed E-state index contributed by atoms with van der Waals surface area (Å²) in [5.74, 6) is 0.915. The van der Waals surface area contributed by atoms with Gasteiger partial charge in [-0.25, -0.2) is 4.83 Å². The number of hydrogen-bond acceptors (Lipinski definition) is 3. The Balaban J connectivity index is 2.13. The first kappa shape index (κ1) is 18.0. The van der Waals surface area contributed by atoms with Gasteiger partial charge in [-0.15, -0.1) is 0 Å². The van der Waals surface area contributed by atoms with Crippen molar-refractivity contribution in [2.45, 2.75) is 64.7 Å². The number of nitrogens with zero attached hydrogens (tertiary/aromatic N) is 1. The van der Waals surface area contributed by atoms with Crippen LogP contribution < -0.4 is 4.83 Å². The zero-order chi connectivity index (χ0) is 17.3. The molecule has 1 fully saturated rings. The second kappa shape index (κ2) is 6.63. The molecular weight excluding hydrogens is 308 g/mol. The molecule has 128 valence electrons. The SMILES string of the molecule is CC1C/C(=N/NS(=O)(=O)c2ccc(C(C)C)cc2)CC(C)(C)C1. The first-order valence-electron chi connectivity index (χ1n) is 8.26. The van der Waals surface area contributed by atoms with Crippen LogP contribution in [0.25, 0.3) is 0 Å². The van der Waals surface area contributed by atoms with Crippen molar-refractivity contribution >= 4 is 15.7 Å². The predicted octanol–water partition coefficient (Wildman–Crippen LogP) is 4.29. The molecule has 4 nitrogen and oxygen atoms in total. The highest BCUT2D eigenvalue weighted by Gasteiger charge is 2.29. The minimum Gasteiger partial charge on any atom is -0.200 e. The maximum Gasteiger partial charge on any atom is 0.276 e. The van der Waals surface area contributed by atoms with E-state index in [9.17, 15) is 8.42 Å². The molecule has 2 rings (SSSR count). The molecule has 0 radical (unpaired) electrons. The highest BCUT2D eigenvalue weighted by atomic mass is 32.2. The van der Waals surface area contributed by atoms with Crippen LogP contribution in [0.3, 0.4) is 0 Å². The van der Waals surface area contributed by atoms with Crippen LogP contribution >= 0.6 is 0 Å². The highest BCUT2D eigenvalue weighted by Crippen LogP contribution is 2.36. The minimum absolute atomic E-state index is 0.181. The normalized spacial score (nSPS) is 23.2. The van der Waals surface area contributed by atoms with Crippen molar-refractivity contribution in [1.82, 2.24) is 4.83 Å². The van der Waals surface area contributed by atoms with Crippen LogP contribution in [0.1, 0.15) is 65.4 Å². The smallest absolute Gasteiger partial charge is 0.200 e. The fourth-order valence-electron chi connectivity index (χ4n) is 3.41. The molecule has 0 amide bonds. The Bertz CT molecular complexity index is 673. The fraction of sp³-hybridized carbons (Fsp3) is 0.611. The van der Waals surface area contributed by atoms with Gasteiger partial charge in [0.15, 0.2) is 0 Å². The van der Waals surface area contributed by atoms with Crippen LogP contribution in [0, 0.1) is 11.3 Å². The fourth-order valence-corrected chi connectivity index (χ4v) is 4.26. The molecule has 0 bridgehead atoms. The van der Waals surface area contributed by atoms with Gasteiger partial charge >= 0.3 is 0 Å². The zero-order valence-electron chi connectivity index (χ0n) is 14.8. The van der Waals surface area contributed by atoms with Gasteiger partial charge in [0.2, 0.25) is 0 Å². The molecule has 1 saturated carbocycles. The van der Waals surface area contributed by atoms with Gasteiger partial charge < -0.3 is 0 Å². The molecule has 1 aliphatic carbocycles. The van der Waals surface area contributed by atoms with Crippen LogP contribution in [0.2, 0.25) is 0 Å². The summed E-state index contributed by atoms with van der Waals surface area (Å²) >= 11 is 0. The van der Waals surface area contributed by atoms with Gasteiger partial charge in [-0.2, -0.15) is 13.5 Å². The van der Waals surface area contributed by atoms with Crippen LogP contribution in [0.5, 0.6) is 0 Å². The van der Waals surface area contributed by atoms with Gasteiger partial charge in [-0.05, 0) is 54.2 Å². The average molecular weight is 337 g/mol. The summed E-state index contributed by atoms with van der Waals surface area (Å²) in [6, 6.07) is 7.01. The number of hydrogen-bond donors (Lipinski definition) is 1. The second-order valence-electron chi connectivity index (χ2n) is 7.85. The third-order valence-electron chi connectivity index (χ3n) is 4.35. The molecule has 0 saturated heterocycles. The van der Waals surface area contributed by atoms with Gasteiger partial charge in [0.1, 0.15) is 0 Å². The van der Waals surface area contributed by atoms with Crippen molar-refractivity contribution in [3.63, 3.8) is 0 Å². The van der Waals surface area contributed by atoms with E-state index in [2.05, 4.69) is 44.6 Å². The lowest BCUT2D eigenvalue weighted by Crippen LogP contribution is -2.30. The molecular formula is C18H28N2O2S. The van der Waals surface area contributed by atoms with E-state index < -0.39 is 10.0 Å². The average Bonchev–Trinajstić information content (AvgIpc) is 2.43. The molecule has 0 heterocycles. The maximum atomic E-state index is 12.4. The lowest BCUT2D eigenvalue weighted by atomic mass is 9.72. The quantitative estimate of drug-likeness (QED) is 0.834. The van der Waals surface area contributed by atoms with E-state index >= 15 is 0 Å². The summed E-state index contributed by atoms with van der Waals surface area (Å²) in [5.41, 5.74) is 2.25. The topological polar surface area (TPSA) is 58.5 Å². The van der Waals surface area contributed by atoms with Crippen molar-refractivity contribution in [1.29, 1.82) is 0 Å². The van der Waals surface area contributed by atoms with E-state index in [0.29, 0.717) is 11.8 Å². The van der Waals surface area contributed by atoms with E-state index in [4.69, 9.17) is 0 Å². The number of hydrazone groups is 1. The lowest BCUT2D eigenvalue weighted by molar-refractivity contribution is 0.265. The summed E-state index contributed by atoms with van der Waals surface area (Å²) in [7, 11) is -3.59. The first-order valence-corrected chi connectivity index (χ1v) is 9.74. The molecule has 1 atom stereocenters. The highest BCUT2D eigenvalue weighted by molar-refractivity contribution is 7.89. The first-order chi connectivity index (χ1) is 10.6. The number of benzene rings is 1. The standard InChI is InChI=1S/C18H28N2O2S/c1-13(2)15-6-8-17(9-7-15)23(21,22)20-19-16-10-14(3)11-18(4,5)12-16/h6-9,13-14,20H,10-12H2,1-5H3/b19-16-. The van der Waals surface area contributed by atoms with Crippen molar-refractivity contribution in [2.75, 3.05) is 0 Å². The zero-order valence-corrected chi connectivity index (χ0v) is 15.6. The Morgan fingerprint density at radius 2 is 1.83 bits per heavy atom. The van der Waals surface area contributed by atoms with E-state index in [1.54, 1.807) is 12.1 Å². The Morgan fingerprint density at radius 1 is 1.22 bits per heavy atom. The molecule has 5 heteroatoms. The molecule has 1 unspecified atom stereocenters. The molecule has 1 aromatic rings. The molecule has 1 aliphatic rings. The lowest BCUT2D eigenvalue weighted by Gasteiger charge is -2.34. The molecule has 0 aliphatic heterocycles. The van der Waals surface area contributed by atoms with Crippen LogP contribution in [0.4, 0.5) is 0 Å². The molecule has 23 heavy (non-hydrogen) atoms.